The van der Waals surface area contributed by atoms with E-state index in [1.807, 2.05) is 13.0 Å². The van der Waals surface area contributed by atoms with E-state index in [9.17, 15) is 4.39 Å². The van der Waals surface area contributed by atoms with Crippen molar-refractivity contribution in [3.8, 4) is 6.07 Å². The SMILES string of the molecule is CCCCOCCCNC(=NCc1cc(C#N)ccc1F)NCC. The highest BCUT2D eigenvalue weighted by atomic mass is 19.1. The lowest BCUT2D eigenvalue weighted by atomic mass is 10.1. The molecule has 0 aromatic heterocycles. The quantitative estimate of drug-likeness (QED) is 0.392. The van der Waals surface area contributed by atoms with Crippen molar-refractivity contribution in [3.05, 3.63) is 35.1 Å². The number of nitriles is 1. The van der Waals surface area contributed by atoms with E-state index in [-0.39, 0.29) is 12.4 Å². The van der Waals surface area contributed by atoms with E-state index in [0.717, 1.165) is 39.0 Å². The molecule has 0 amide bonds. The largest absolute Gasteiger partial charge is 0.381 e. The Labute approximate surface area is 143 Å². The van der Waals surface area contributed by atoms with E-state index >= 15 is 0 Å². The van der Waals surface area contributed by atoms with Gasteiger partial charge in [0.25, 0.3) is 0 Å². The lowest BCUT2D eigenvalue weighted by Crippen LogP contribution is -2.38. The van der Waals surface area contributed by atoms with Crippen LogP contribution in [0.2, 0.25) is 0 Å². The fraction of sp³-hybridized carbons (Fsp3) is 0.556. The molecule has 0 saturated carbocycles. The van der Waals surface area contributed by atoms with Crippen LogP contribution in [-0.4, -0.2) is 32.3 Å². The number of rotatable bonds is 10. The van der Waals surface area contributed by atoms with Crippen LogP contribution in [0.4, 0.5) is 4.39 Å². The van der Waals surface area contributed by atoms with Crippen molar-refractivity contribution in [2.45, 2.75) is 39.7 Å². The monoisotopic (exact) mass is 334 g/mol. The van der Waals surface area contributed by atoms with Crippen molar-refractivity contribution in [1.82, 2.24) is 10.6 Å². The van der Waals surface area contributed by atoms with E-state index in [1.54, 1.807) is 0 Å². The molecule has 0 fully saturated rings. The second kappa shape index (κ2) is 12.3. The Hall–Kier alpha value is -2.13. The van der Waals surface area contributed by atoms with E-state index in [0.29, 0.717) is 23.7 Å². The Morgan fingerprint density at radius 3 is 2.75 bits per heavy atom. The lowest BCUT2D eigenvalue weighted by molar-refractivity contribution is 0.129. The second-order valence-electron chi connectivity index (χ2n) is 5.36. The first-order valence-corrected chi connectivity index (χ1v) is 8.49. The zero-order chi connectivity index (χ0) is 17.6. The Morgan fingerprint density at radius 1 is 1.25 bits per heavy atom. The number of aliphatic imine (C=N–C) groups is 1. The van der Waals surface area contributed by atoms with Crippen molar-refractivity contribution in [2.75, 3.05) is 26.3 Å². The molecular weight excluding hydrogens is 307 g/mol. The van der Waals surface area contributed by atoms with Gasteiger partial charge in [0.15, 0.2) is 5.96 Å². The maximum atomic E-state index is 13.8. The number of nitrogens with one attached hydrogen (secondary N) is 2. The van der Waals surface area contributed by atoms with E-state index in [4.69, 9.17) is 10.00 Å². The second-order valence-corrected chi connectivity index (χ2v) is 5.36. The van der Waals surface area contributed by atoms with Crippen LogP contribution in [0.3, 0.4) is 0 Å². The zero-order valence-corrected chi connectivity index (χ0v) is 14.6. The minimum Gasteiger partial charge on any atom is -0.381 e. The van der Waals surface area contributed by atoms with Crippen molar-refractivity contribution in [2.24, 2.45) is 4.99 Å². The number of nitrogens with zero attached hydrogens (tertiary/aromatic N) is 2. The summed E-state index contributed by atoms with van der Waals surface area (Å²) in [7, 11) is 0. The van der Waals surface area contributed by atoms with Crippen LogP contribution in [0, 0.1) is 17.1 Å². The molecule has 0 aliphatic carbocycles. The third-order valence-corrected chi connectivity index (χ3v) is 3.33. The van der Waals surface area contributed by atoms with Gasteiger partial charge in [-0.25, -0.2) is 9.38 Å². The molecule has 2 N–H and O–H groups in total. The number of halogens is 1. The van der Waals surface area contributed by atoms with Crippen molar-refractivity contribution in [1.29, 1.82) is 5.26 Å². The molecule has 0 aliphatic heterocycles. The molecule has 0 atom stereocenters. The molecular formula is C18H27FN4O. The first kappa shape index (κ1) is 19.9. The fourth-order valence-corrected chi connectivity index (χ4v) is 2.00. The third kappa shape index (κ3) is 7.93. The molecule has 24 heavy (non-hydrogen) atoms. The molecule has 1 aromatic carbocycles. The van der Waals surface area contributed by atoms with Gasteiger partial charge in [0.2, 0.25) is 0 Å². The number of hydrogen-bond acceptors (Lipinski definition) is 3. The molecule has 1 rings (SSSR count). The van der Waals surface area contributed by atoms with Gasteiger partial charge >= 0.3 is 0 Å². The summed E-state index contributed by atoms with van der Waals surface area (Å²) in [6.45, 7) is 7.27. The molecule has 0 spiro atoms. The minimum atomic E-state index is -0.349. The van der Waals surface area contributed by atoms with E-state index in [2.05, 4.69) is 22.5 Å². The normalized spacial score (nSPS) is 11.2. The Morgan fingerprint density at radius 2 is 2.04 bits per heavy atom. The summed E-state index contributed by atoms with van der Waals surface area (Å²) in [5, 5.41) is 15.2. The van der Waals surface area contributed by atoms with Crippen molar-refractivity contribution in [3.63, 3.8) is 0 Å². The smallest absolute Gasteiger partial charge is 0.191 e. The van der Waals surface area contributed by atoms with Gasteiger partial charge in [0.05, 0.1) is 18.2 Å². The van der Waals surface area contributed by atoms with Crippen molar-refractivity contribution < 1.29 is 9.13 Å². The van der Waals surface area contributed by atoms with Crippen LogP contribution in [0.25, 0.3) is 0 Å². The van der Waals surface area contributed by atoms with Crippen molar-refractivity contribution >= 4 is 5.96 Å². The van der Waals surface area contributed by atoms with Gasteiger partial charge in [-0.3, -0.25) is 0 Å². The molecule has 0 aliphatic rings. The van der Waals surface area contributed by atoms with E-state index < -0.39 is 0 Å². The number of benzene rings is 1. The topological polar surface area (TPSA) is 69.4 Å². The maximum absolute atomic E-state index is 13.8. The van der Waals surface area contributed by atoms with Gasteiger partial charge in [-0.1, -0.05) is 13.3 Å². The zero-order valence-electron chi connectivity index (χ0n) is 14.6. The van der Waals surface area contributed by atoms with Gasteiger partial charge < -0.3 is 15.4 Å². The summed E-state index contributed by atoms with van der Waals surface area (Å²) in [6.07, 6.45) is 3.11. The van der Waals surface area contributed by atoms with E-state index in [1.165, 1.54) is 18.2 Å². The van der Waals surface area contributed by atoms with Crippen LogP contribution in [-0.2, 0) is 11.3 Å². The minimum absolute atomic E-state index is 0.184. The highest BCUT2D eigenvalue weighted by molar-refractivity contribution is 5.79. The van der Waals surface area contributed by atoms with Crippen LogP contribution in [0.15, 0.2) is 23.2 Å². The summed E-state index contributed by atoms with van der Waals surface area (Å²) < 4.78 is 19.3. The Balaban J connectivity index is 2.46. The summed E-state index contributed by atoms with van der Waals surface area (Å²) in [5.41, 5.74) is 0.845. The molecule has 0 bridgehead atoms. The summed E-state index contributed by atoms with van der Waals surface area (Å²) >= 11 is 0. The van der Waals surface area contributed by atoms with Gasteiger partial charge in [-0.2, -0.15) is 5.26 Å². The number of guanidine groups is 1. The molecule has 0 unspecified atom stereocenters. The van der Waals surface area contributed by atoms with Gasteiger partial charge in [0.1, 0.15) is 5.82 Å². The Bertz CT molecular complexity index is 554. The predicted octanol–water partition coefficient (Wildman–Crippen LogP) is 2.96. The summed E-state index contributed by atoms with van der Waals surface area (Å²) in [5.74, 6) is 0.283. The highest BCUT2D eigenvalue weighted by Gasteiger charge is 2.04. The van der Waals surface area contributed by atoms with Gasteiger partial charge in [0, 0.05) is 31.9 Å². The highest BCUT2D eigenvalue weighted by Crippen LogP contribution is 2.11. The molecule has 0 radical (unpaired) electrons. The summed E-state index contributed by atoms with van der Waals surface area (Å²) in [4.78, 5) is 4.37. The predicted molar refractivity (Wildman–Crippen MR) is 94.3 cm³/mol. The number of unbranched alkanes of at least 4 members (excludes halogenated alkanes) is 1. The van der Waals surface area contributed by atoms with Crippen LogP contribution < -0.4 is 10.6 Å². The Kier molecular flexibility index (Phi) is 10.2. The fourth-order valence-electron chi connectivity index (χ4n) is 2.00. The molecule has 0 saturated heterocycles. The molecule has 0 heterocycles. The van der Waals surface area contributed by atoms with Crippen LogP contribution >= 0.6 is 0 Å². The number of ether oxygens (including phenoxy) is 1. The van der Waals surface area contributed by atoms with Crippen LogP contribution in [0.1, 0.15) is 44.2 Å². The molecule has 132 valence electrons. The lowest BCUT2D eigenvalue weighted by Gasteiger charge is -2.11. The average Bonchev–Trinajstić information content (AvgIpc) is 2.60. The molecule has 5 nitrogen and oxygen atoms in total. The first-order valence-electron chi connectivity index (χ1n) is 8.49. The van der Waals surface area contributed by atoms with Gasteiger partial charge in [-0.15, -0.1) is 0 Å². The summed E-state index contributed by atoms with van der Waals surface area (Å²) in [6, 6.07) is 6.31. The third-order valence-electron chi connectivity index (χ3n) is 3.33. The average molecular weight is 334 g/mol. The van der Waals surface area contributed by atoms with Gasteiger partial charge in [-0.05, 0) is 38.0 Å². The first-order chi connectivity index (χ1) is 11.7. The maximum Gasteiger partial charge on any atom is 0.191 e. The molecule has 1 aromatic rings. The standard InChI is InChI=1S/C18H27FN4O/c1-3-5-10-24-11-6-9-22-18(21-4-2)23-14-16-12-15(13-20)7-8-17(16)19/h7-8,12H,3-6,9-11,14H2,1-2H3,(H2,21,22,23). The van der Waals surface area contributed by atoms with Crippen LogP contribution in [0.5, 0.6) is 0 Å². The molecule has 6 heteroatoms. The number of hydrogen-bond donors (Lipinski definition) is 2.